The van der Waals surface area contributed by atoms with Crippen molar-refractivity contribution >= 4 is 23.5 Å². The number of rotatable bonds is 7. The van der Waals surface area contributed by atoms with Crippen LogP contribution in [0, 0.1) is 5.92 Å². The second-order valence-corrected chi connectivity index (χ2v) is 6.41. The average Bonchev–Trinajstić information content (AvgIpc) is 2.62. The van der Waals surface area contributed by atoms with Crippen LogP contribution in [0.3, 0.4) is 0 Å². The molecule has 1 N–H and O–H groups in total. The van der Waals surface area contributed by atoms with Crippen LogP contribution in [0.5, 0.6) is 0 Å². The fourth-order valence-corrected chi connectivity index (χ4v) is 2.79. The Morgan fingerprint density at radius 2 is 1.92 bits per heavy atom. The molecule has 8 heteroatoms. The number of aromatic nitrogens is 2. The zero-order chi connectivity index (χ0) is 18.4. The Morgan fingerprint density at radius 1 is 1.19 bits per heavy atom. The van der Waals surface area contributed by atoms with Crippen LogP contribution in [-0.2, 0) is 27.5 Å². The lowest BCUT2D eigenvalue weighted by atomic mass is 9.99. The first-order valence-corrected chi connectivity index (χ1v) is 8.64. The molecule has 0 atom stereocenters. The molecule has 3 rings (SSSR count). The van der Waals surface area contributed by atoms with E-state index in [0.717, 1.165) is 5.56 Å². The van der Waals surface area contributed by atoms with E-state index in [2.05, 4.69) is 15.3 Å². The van der Waals surface area contributed by atoms with E-state index < -0.39 is 0 Å². The van der Waals surface area contributed by atoms with Crippen LogP contribution in [0.15, 0.2) is 42.7 Å². The molecule has 0 radical (unpaired) electrons. The number of nitrogens with zero attached hydrogens (tertiary/aromatic N) is 3. The first-order valence-electron chi connectivity index (χ1n) is 8.27. The Balaban J connectivity index is 1.34. The minimum Gasteiger partial charge on any atom is -0.460 e. The highest BCUT2D eigenvalue weighted by molar-refractivity contribution is 6.29. The summed E-state index contributed by atoms with van der Waals surface area (Å²) in [7, 11) is 0. The summed E-state index contributed by atoms with van der Waals surface area (Å²) in [5, 5.41) is 3.08. The van der Waals surface area contributed by atoms with Crippen molar-refractivity contribution in [1.82, 2.24) is 20.2 Å². The maximum Gasteiger partial charge on any atom is 0.320 e. The zero-order valence-electron chi connectivity index (χ0n) is 14.1. The molecule has 1 aliphatic rings. The lowest BCUT2D eigenvalue weighted by Crippen LogP contribution is -2.54. The molecule has 0 saturated carbocycles. The summed E-state index contributed by atoms with van der Waals surface area (Å²) in [5.74, 6) is -0.521. The molecule has 1 amide bonds. The normalized spacial score (nSPS) is 14.5. The lowest BCUT2D eigenvalue weighted by Gasteiger charge is -2.37. The molecule has 2 heterocycles. The van der Waals surface area contributed by atoms with Crippen LogP contribution in [0.25, 0.3) is 0 Å². The maximum atomic E-state index is 12.1. The summed E-state index contributed by atoms with van der Waals surface area (Å²) >= 11 is 5.91. The number of carbonyl (C=O) groups is 2. The van der Waals surface area contributed by atoms with Gasteiger partial charge in [-0.1, -0.05) is 41.9 Å². The fraction of sp³-hybridized carbons (Fsp3) is 0.333. The second-order valence-electron chi connectivity index (χ2n) is 6.05. The SMILES string of the molecule is O=C(CN1CC(C(=O)NCc2nccnc2Cl)C1)OCc1ccccc1. The molecule has 136 valence electrons. The topological polar surface area (TPSA) is 84.4 Å². The summed E-state index contributed by atoms with van der Waals surface area (Å²) < 4.78 is 5.24. The van der Waals surface area contributed by atoms with E-state index in [-0.39, 0.29) is 42.6 Å². The van der Waals surface area contributed by atoms with Crippen molar-refractivity contribution in [2.75, 3.05) is 19.6 Å². The number of ether oxygens (including phenoxy) is 1. The van der Waals surface area contributed by atoms with Crippen LogP contribution < -0.4 is 5.32 Å². The Bertz CT molecular complexity index is 766. The van der Waals surface area contributed by atoms with E-state index >= 15 is 0 Å². The van der Waals surface area contributed by atoms with Gasteiger partial charge in [-0.3, -0.25) is 19.5 Å². The van der Waals surface area contributed by atoms with Gasteiger partial charge in [0, 0.05) is 25.5 Å². The third-order valence-corrected chi connectivity index (χ3v) is 4.39. The Labute approximate surface area is 156 Å². The van der Waals surface area contributed by atoms with Gasteiger partial charge in [0.25, 0.3) is 0 Å². The number of nitrogens with one attached hydrogen (secondary N) is 1. The average molecular weight is 375 g/mol. The highest BCUT2D eigenvalue weighted by Gasteiger charge is 2.33. The van der Waals surface area contributed by atoms with Crippen LogP contribution in [-0.4, -0.2) is 46.4 Å². The first kappa shape index (κ1) is 18.3. The number of hydrogen-bond donors (Lipinski definition) is 1. The highest BCUT2D eigenvalue weighted by Crippen LogP contribution is 2.16. The van der Waals surface area contributed by atoms with Gasteiger partial charge >= 0.3 is 5.97 Å². The smallest absolute Gasteiger partial charge is 0.320 e. The summed E-state index contributed by atoms with van der Waals surface area (Å²) in [6, 6.07) is 9.52. The molecule has 0 aliphatic carbocycles. The molecule has 1 aromatic heterocycles. The largest absolute Gasteiger partial charge is 0.460 e. The van der Waals surface area contributed by atoms with E-state index in [9.17, 15) is 9.59 Å². The van der Waals surface area contributed by atoms with E-state index in [4.69, 9.17) is 16.3 Å². The third-order valence-electron chi connectivity index (χ3n) is 4.08. The standard InChI is InChI=1S/C18H19ClN4O3/c19-17-15(20-6-7-21-17)8-22-18(25)14-9-23(10-14)11-16(24)26-12-13-4-2-1-3-5-13/h1-7,14H,8-12H2,(H,22,25). The number of likely N-dealkylation sites (tertiary alicyclic amines) is 1. The van der Waals surface area contributed by atoms with Crippen molar-refractivity contribution < 1.29 is 14.3 Å². The van der Waals surface area contributed by atoms with Crippen molar-refractivity contribution in [2.24, 2.45) is 5.92 Å². The van der Waals surface area contributed by atoms with Crippen molar-refractivity contribution in [3.63, 3.8) is 0 Å². The van der Waals surface area contributed by atoms with Crippen molar-refractivity contribution in [1.29, 1.82) is 0 Å². The Hall–Kier alpha value is -2.51. The van der Waals surface area contributed by atoms with Gasteiger partial charge < -0.3 is 10.1 Å². The van der Waals surface area contributed by atoms with Gasteiger partial charge in [-0.05, 0) is 5.56 Å². The minimum atomic E-state index is -0.293. The molecule has 2 aromatic rings. The zero-order valence-corrected chi connectivity index (χ0v) is 14.9. The molecule has 7 nitrogen and oxygen atoms in total. The molecule has 1 saturated heterocycles. The number of carbonyl (C=O) groups excluding carboxylic acids is 2. The van der Waals surface area contributed by atoms with Crippen LogP contribution in [0.2, 0.25) is 5.15 Å². The summed E-state index contributed by atoms with van der Waals surface area (Å²) in [6.07, 6.45) is 3.02. The second kappa shape index (κ2) is 8.73. The quantitative estimate of drug-likeness (QED) is 0.738. The van der Waals surface area contributed by atoms with Crippen molar-refractivity contribution in [3.8, 4) is 0 Å². The predicted molar refractivity (Wildman–Crippen MR) is 95.1 cm³/mol. The van der Waals surface area contributed by atoms with Crippen LogP contribution >= 0.6 is 11.6 Å². The van der Waals surface area contributed by atoms with Crippen LogP contribution in [0.4, 0.5) is 0 Å². The third kappa shape index (κ3) is 5.00. The maximum absolute atomic E-state index is 12.1. The van der Waals surface area contributed by atoms with Gasteiger partial charge in [-0.25, -0.2) is 4.98 Å². The van der Waals surface area contributed by atoms with Gasteiger partial charge in [-0.2, -0.15) is 0 Å². The molecule has 1 aliphatic heterocycles. The molecule has 0 bridgehead atoms. The molecule has 1 fully saturated rings. The van der Waals surface area contributed by atoms with Gasteiger partial charge in [-0.15, -0.1) is 0 Å². The summed E-state index contributed by atoms with van der Waals surface area (Å²) in [6.45, 7) is 1.74. The van der Waals surface area contributed by atoms with Crippen molar-refractivity contribution in [2.45, 2.75) is 13.2 Å². The van der Waals surface area contributed by atoms with Gasteiger partial charge in [0.05, 0.1) is 24.7 Å². The molecular formula is C18H19ClN4O3. The molecule has 26 heavy (non-hydrogen) atoms. The van der Waals surface area contributed by atoms with Crippen molar-refractivity contribution in [3.05, 3.63) is 59.1 Å². The summed E-state index contributed by atoms with van der Waals surface area (Å²) in [4.78, 5) is 33.8. The predicted octanol–water partition coefficient (Wildman–Crippen LogP) is 1.42. The van der Waals surface area contributed by atoms with Gasteiger partial charge in [0.1, 0.15) is 6.61 Å². The van der Waals surface area contributed by atoms with E-state index in [1.165, 1.54) is 12.4 Å². The number of benzene rings is 1. The minimum absolute atomic E-state index is 0.0828. The summed E-state index contributed by atoms with van der Waals surface area (Å²) in [5.41, 5.74) is 1.48. The number of esters is 1. The van der Waals surface area contributed by atoms with E-state index in [1.807, 2.05) is 35.2 Å². The van der Waals surface area contributed by atoms with E-state index in [1.54, 1.807) is 0 Å². The Morgan fingerprint density at radius 3 is 2.65 bits per heavy atom. The first-order chi connectivity index (χ1) is 12.6. The van der Waals surface area contributed by atoms with Crippen LogP contribution in [0.1, 0.15) is 11.3 Å². The van der Waals surface area contributed by atoms with E-state index in [0.29, 0.717) is 18.8 Å². The van der Waals surface area contributed by atoms with Gasteiger partial charge in [0.15, 0.2) is 5.15 Å². The lowest BCUT2D eigenvalue weighted by molar-refractivity contribution is -0.149. The number of amides is 1. The van der Waals surface area contributed by atoms with Gasteiger partial charge in [0.2, 0.25) is 5.91 Å². The molecular weight excluding hydrogens is 356 g/mol. The number of hydrogen-bond acceptors (Lipinski definition) is 6. The molecule has 0 spiro atoms. The molecule has 1 aromatic carbocycles. The highest BCUT2D eigenvalue weighted by atomic mass is 35.5. The Kier molecular flexibility index (Phi) is 6.14. The number of halogens is 1. The fourth-order valence-electron chi connectivity index (χ4n) is 2.61. The molecule has 0 unspecified atom stereocenters. The monoisotopic (exact) mass is 374 g/mol.